The van der Waals surface area contributed by atoms with Gasteiger partial charge < -0.3 is 24.4 Å². The summed E-state index contributed by atoms with van der Waals surface area (Å²) in [5.41, 5.74) is 2.06. The first kappa shape index (κ1) is 31.1. The molecule has 3 aromatic rings. The van der Waals surface area contributed by atoms with Crippen molar-refractivity contribution in [1.29, 1.82) is 0 Å². The molecule has 226 valence electrons. The number of rotatable bonds is 10. The third kappa shape index (κ3) is 7.92. The number of carbonyl (C=O) groups excluding carboxylic acids is 2. The average Bonchev–Trinajstić information content (AvgIpc) is 3.36. The number of hydrogen-bond acceptors (Lipinski definition) is 8. The van der Waals surface area contributed by atoms with Crippen LogP contribution in [0.1, 0.15) is 44.0 Å². The molecule has 0 bridgehead atoms. The summed E-state index contributed by atoms with van der Waals surface area (Å²) in [6, 6.07) is 12.6. The number of nitrogens with one attached hydrogen (secondary N) is 1. The van der Waals surface area contributed by atoms with Gasteiger partial charge in [0.25, 0.3) is 5.91 Å². The number of piperazine rings is 1. The number of ether oxygens (including phenoxy) is 3. The number of carbonyl (C=O) groups is 2. The maximum Gasteiger partial charge on any atom is 0.410 e. The summed E-state index contributed by atoms with van der Waals surface area (Å²) in [6.45, 7) is 10.0. The Bertz CT molecular complexity index is 1440. The topological polar surface area (TPSA) is 102 Å². The van der Waals surface area contributed by atoms with Gasteiger partial charge in [-0.2, -0.15) is 0 Å². The molecule has 0 saturated carbocycles. The van der Waals surface area contributed by atoms with Crippen molar-refractivity contribution < 1.29 is 23.8 Å². The summed E-state index contributed by atoms with van der Waals surface area (Å²) < 4.78 is 17.9. The van der Waals surface area contributed by atoms with Crippen LogP contribution in [0.5, 0.6) is 11.5 Å². The van der Waals surface area contributed by atoms with E-state index in [1.807, 2.05) is 32.9 Å². The van der Waals surface area contributed by atoms with E-state index in [0.29, 0.717) is 48.1 Å². The van der Waals surface area contributed by atoms with Crippen molar-refractivity contribution in [3.05, 3.63) is 63.1 Å². The second kappa shape index (κ2) is 13.9. The molecule has 0 radical (unpaired) electrons. The second-order valence-electron chi connectivity index (χ2n) is 11.1. The Balaban J connectivity index is 1.29. The molecular formula is C31H40N4O6S. The van der Waals surface area contributed by atoms with Crippen LogP contribution in [0.2, 0.25) is 0 Å². The Morgan fingerprint density at radius 2 is 1.74 bits per heavy atom. The Morgan fingerprint density at radius 3 is 2.43 bits per heavy atom. The van der Waals surface area contributed by atoms with Crippen molar-refractivity contribution >= 4 is 23.3 Å². The first-order chi connectivity index (χ1) is 20.1. The largest absolute Gasteiger partial charge is 0.497 e. The lowest BCUT2D eigenvalue weighted by atomic mass is 10.1. The van der Waals surface area contributed by atoms with Crippen LogP contribution in [-0.2, 0) is 4.74 Å². The Morgan fingerprint density at radius 1 is 0.976 bits per heavy atom. The zero-order chi connectivity index (χ0) is 30.3. The van der Waals surface area contributed by atoms with Crippen LogP contribution >= 0.6 is 11.3 Å². The van der Waals surface area contributed by atoms with Crippen molar-refractivity contribution in [3.8, 4) is 28.4 Å². The Hall–Kier alpha value is -3.83. The minimum absolute atomic E-state index is 0.158. The summed E-state index contributed by atoms with van der Waals surface area (Å²) in [5, 5.41) is 4.80. The molecule has 1 fully saturated rings. The fraction of sp³-hybridized carbons (Fsp3) is 0.452. The van der Waals surface area contributed by atoms with E-state index in [2.05, 4.69) is 10.2 Å². The van der Waals surface area contributed by atoms with Gasteiger partial charge in [0.15, 0.2) is 0 Å². The predicted molar refractivity (Wildman–Crippen MR) is 164 cm³/mol. The molecule has 1 aliphatic heterocycles. The van der Waals surface area contributed by atoms with Gasteiger partial charge in [0.1, 0.15) is 17.1 Å². The number of unbranched alkanes of at least 4 members (excludes halogenated alkanes) is 1. The molecule has 1 aromatic heterocycles. The van der Waals surface area contributed by atoms with Crippen LogP contribution in [0.15, 0.2) is 52.6 Å². The highest BCUT2D eigenvalue weighted by atomic mass is 32.1. The number of nitrogens with zero attached hydrogens (tertiary/aromatic N) is 3. The first-order valence-electron chi connectivity index (χ1n) is 14.1. The fourth-order valence-corrected chi connectivity index (χ4v) is 5.53. The van der Waals surface area contributed by atoms with Crippen LogP contribution < -0.4 is 19.7 Å². The standard InChI is InChI=1S/C31H40N4O6S/c1-31(2,3)41-29(37)34-17-15-33(16-18-34)14-7-6-13-32-28(36)23-10-8-9-22(19-23)26-21-42-30(38)35(26)25-12-11-24(39-4)20-27(25)40-5/h8-12,19-21H,6-7,13-18H2,1-5H3,(H,32,36). The Kier molecular flexibility index (Phi) is 10.3. The molecule has 0 unspecified atom stereocenters. The van der Waals surface area contributed by atoms with E-state index in [0.717, 1.165) is 49.4 Å². The van der Waals surface area contributed by atoms with Gasteiger partial charge >= 0.3 is 11.0 Å². The highest BCUT2D eigenvalue weighted by Gasteiger charge is 2.25. The van der Waals surface area contributed by atoms with Gasteiger partial charge in [-0.3, -0.25) is 19.1 Å². The summed E-state index contributed by atoms with van der Waals surface area (Å²) >= 11 is 1.09. The molecule has 2 aromatic carbocycles. The van der Waals surface area contributed by atoms with E-state index in [4.69, 9.17) is 14.2 Å². The van der Waals surface area contributed by atoms with Crippen LogP contribution in [0, 0.1) is 0 Å². The predicted octanol–water partition coefficient (Wildman–Crippen LogP) is 4.65. The lowest BCUT2D eigenvalue weighted by Crippen LogP contribution is -2.50. The second-order valence-corrected chi connectivity index (χ2v) is 11.9. The molecule has 1 N–H and O–H groups in total. The van der Waals surface area contributed by atoms with Gasteiger partial charge in [0.2, 0.25) is 0 Å². The lowest BCUT2D eigenvalue weighted by Gasteiger charge is -2.35. The van der Waals surface area contributed by atoms with Crippen LogP contribution in [0.3, 0.4) is 0 Å². The minimum Gasteiger partial charge on any atom is -0.497 e. The lowest BCUT2D eigenvalue weighted by molar-refractivity contribution is 0.0144. The molecule has 0 aliphatic carbocycles. The monoisotopic (exact) mass is 596 g/mol. The molecule has 1 saturated heterocycles. The van der Waals surface area contributed by atoms with Crippen molar-refractivity contribution in [2.24, 2.45) is 0 Å². The van der Waals surface area contributed by atoms with E-state index in [1.54, 1.807) is 59.4 Å². The first-order valence-corrected chi connectivity index (χ1v) is 15.0. The van der Waals surface area contributed by atoms with Gasteiger partial charge in [0, 0.05) is 55.3 Å². The van der Waals surface area contributed by atoms with E-state index >= 15 is 0 Å². The van der Waals surface area contributed by atoms with Crippen LogP contribution in [-0.4, -0.2) is 85.5 Å². The number of methoxy groups -OCH3 is 2. The number of hydrogen-bond donors (Lipinski definition) is 1. The molecule has 1 aliphatic rings. The van der Waals surface area contributed by atoms with Crippen molar-refractivity contribution in [2.45, 2.75) is 39.2 Å². The van der Waals surface area contributed by atoms with Gasteiger partial charge in [0.05, 0.1) is 25.6 Å². The third-order valence-electron chi connectivity index (χ3n) is 6.95. The van der Waals surface area contributed by atoms with Crippen molar-refractivity contribution in [2.75, 3.05) is 53.5 Å². The molecule has 2 amide bonds. The van der Waals surface area contributed by atoms with Gasteiger partial charge in [-0.05, 0) is 64.4 Å². The smallest absolute Gasteiger partial charge is 0.410 e. The van der Waals surface area contributed by atoms with Gasteiger partial charge in [-0.1, -0.05) is 23.5 Å². The molecule has 10 nitrogen and oxygen atoms in total. The normalized spacial score (nSPS) is 14.0. The highest BCUT2D eigenvalue weighted by Crippen LogP contribution is 2.31. The highest BCUT2D eigenvalue weighted by molar-refractivity contribution is 7.07. The average molecular weight is 597 g/mol. The van der Waals surface area contributed by atoms with Crippen LogP contribution in [0.4, 0.5) is 4.79 Å². The summed E-state index contributed by atoms with van der Waals surface area (Å²) in [7, 11) is 3.12. The maximum atomic E-state index is 13.0. The quantitative estimate of drug-likeness (QED) is 0.340. The van der Waals surface area contributed by atoms with E-state index in [-0.39, 0.29) is 16.9 Å². The number of aromatic nitrogens is 1. The molecule has 11 heteroatoms. The van der Waals surface area contributed by atoms with Crippen molar-refractivity contribution in [1.82, 2.24) is 19.7 Å². The van der Waals surface area contributed by atoms with Gasteiger partial charge in [-0.15, -0.1) is 0 Å². The zero-order valence-corrected chi connectivity index (χ0v) is 25.8. The number of amides is 2. The number of benzene rings is 2. The van der Waals surface area contributed by atoms with Crippen molar-refractivity contribution in [3.63, 3.8) is 0 Å². The van der Waals surface area contributed by atoms with Gasteiger partial charge in [-0.25, -0.2) is 4.79 Å². The molecule has 0 atom stereocenters. The zero-order valence-electron chi connectivity index (χ0n) is 25.0. The van der Waals surface area contributed by atoms with E-state index in [1.165, 1.54) is 0 Å². The summed E-state index contributed by atoms with van der Waals surface area (Å²) in [6.07, 6.45) is 1.54. The third-order valence-corrected chi connectivity index (χ3v) is 7.68. The Labute approximate surface area is 250 Å². The summed E-state index contributed by atoms with van der Waals surface area (Å²) in [4.78, 5) is 42.0. The summed E-state index contributed by atoms with van der Waals surface area (Å²) in [5.74, 6) is 0.976. The molecular weight excluding hydrogens is 556 g/mol. The van der Waals surface area contributed by atoms with E-state index in [9.17, 15) is 14.4 Å². The molecule has 0 spiro atoms. The van der Waals surface area contributed by atoms with E-state index < -0.39 is 5.60 Å². The molecule has 2 heterocycles. The minimum atomic E-state index is -0.488. The SMILES string of the molecule is COc1ccc(-n2c(-c3cccc(C(=O)NCCCCN4CCN(C(=O)OC(C)(C)C)CC4)c3)csc2=O)c(OC)c1. The number of thiazole rings is 1. The molecule has 4 rings (SSSR count). The fourth-order valence-electron chi connectivity index (χ4n) is 4.77. The molecule has 42 heavy (non-hydrogen) atoms. The maximum absolute atomic E-state index is 13.0. The van der Waals surface area contributed by atoms with Crippen LogP contribution in [0.25, 0.3) is 16.9 Å².